The van der Waals surface area contributed by atoms with Crippen molar-refractivity contribution in [3.8, 4) is 0 Å². The van der Waals surface area contributed by atoms with Crippen LogP contribution < -0.4 is 0 Å². The van der Waals surface area contributed by atoms with Gasteiger partial charge in [-0.25, -0.2) is 0 Å². The number of thiophene rings is 1. The van der Waals surface area contributed by atoms with Crippen LogP contribution in [0.15, 0.2) is 78.2 Å². The van der Waals surface area contributed by atoms with Crippen molar-refractivity contribution in [2.24, 2.45) is 11.3 Å². The zero-order valence-corrected chi connectivity index (χ0v) is 37.2. The Hall–Kier alpha value is -2.35. The number of benzene rings is 2. The first-order valence-corrected chi connectivity index (χ1v) is 28.7. The predicted octanol–water partition coefficient (Wildman–Crippen LogP) is 11.1. The molecule has 51 heavy (non-hydrogen) atoms. The van der Waals surface area contributed by atoms with Gasteiger partial charge in [-0.05, 0) is 120 Å². The largest absolute Gasteiger partial charge is 0.469 e. The van der Waals surface area contributed by atoms with Crippen LogP contribution in [0.2, 0.25) is 51.9 Å². The van der Waals surface area contributed by atoms with Gasteiger partial charge in [0.05, 0.1) is 19.1 Å². The summed E-state index contributed by atoms with van der Waals surface area (Å²) in [5.41, 5.74) is -0.339. The van der Waals surface area contributed by atoms with Crippen molar-refractivity contribution in [2.75, 3.05) is 13.7 Å². The first-order valence-electron chi connectivity index (χ1n) is 18.5. The Morgan fingerprint density at radius 1 is 0.765 bits per heavy atom. The minimum atomic E-state index is -2.48. The molecule has 0 aliphatic heterocycles. The molecule has 1 heterocycles. The molecule has 0 radical (unpaired) electrons. The Kier molecular flexibility index (Phi) is 14.9. The number of carbonyl (C=O) groups excluding carboxylic acids is 2. The summed E-state index contributed by atoms with van der Waals surface area (Å²) >= 11 is 1.52. The Morgan fingerprint density at radius 2 is 1.29 bits per heavy atom. The summed E-state index contributed by atoms with van der Waals surface area (Å²) in [6, 6.07) is 25.7. The number of carbonyl (C=O) groups is 2. The Morgan fingerprint density at radius 3 is 1.73 bits per heavy atom. The van der Waals surface area contributed by atoms with E-state index < -0.39 is 41.4 Å². The van der Waals surface area contributed by atoms with Crippen LogP contribution in [0.25, 0.3) is 0 Å². The second-order valence-corrected chi connectivity index (χ2v) is 30.8. The third-order valence-corrected chi connectivity index (χ3v) is 20.5. The summed E-state index contributed by atoms with van der Waals surface area (Å²) < 4.78 is 25.2. The van der Waals surface area contributed by atoms with Crippen molar-refractivity contribution in [1.29, 1.82) is 0 Å². The van der Waals surface area contributed by atoms with Crippen molar-refractivity contribution in [1.82, 2.24) is 0 Å². The second-order valence-electron chi connectivity index (χ2n) is 17.0. The highest BCUT2D eigenvalue weighted by Gasteiger charge is 2.52. The van der Waals surface area contributed by atoms with Crippen molar-refractivity contribution in [2.45, 2.75) is 123 Å². The van der Waals surface area contributed by atoms with Gasteiger partial charge in [-0.15, -0.1) is 11.3 Å². The van der Waals surface area contributed by atoms with Gasteiger partial charge in [0.15, 0.2) is 16.6 Å². The van der Waals surface area contributed by atoms with Gasteiger partial charge >= 0.3 is 20.5 Å². The minimum Gasteiger partial charge on any atom is -0.469 e. The fourth-order valence-electron chi connectivity index (χ4n) is 7.82. The van der Waals surface area contributed by atoms with Gasteiger partial charge < -0.3 is 17.7 Å². The summed E-state index contributed by atoms with van der Waals surface area (Å²) in [4.78, 5) is 29.5. The summed E-state index contributed by atoms with van der Waals surface area (Å²) in [6.07, 6.45) is 3.19. The average molecular weight is 769 g/mol. The fourth-order valence-corrected chi connectivity index (χ4v) is 21.2. The number of methoxy groups -OCH3 is 1. The van der Waals surface area contributed by atoms with E-state index in [1.165, 1.54) is 18.4 Å². The Balaban J connectivity index is 2.03. The molecule has 2 aromatic carbocycles. The maximum atomic E-state index is 14.5. The second kappa shape index (κ2) is 17.7. The molecule has 282 valence electrons. The first-order chi connectivity index (χ1) is 23.7. The summed E-state index contributed by atoms with van der Waals surface area (Å²) in [5.74, 6) is -0.273. The van der Waals surface area contributed by atoms with Crippen LogP contribution in [-0.2, 0) is 38.1 Å². The molecule has 3 rings (SSSR count). The summed E-state index contributed by atoms with van der Waals surface area (Å²) in [5, 5.41) is 1.98. The van der Waals surface area contributed by atoms with Crippen LogP contribution in [0.1, 0.15) is 75.8 Å². The number of hydrogen-bond donors (Lipinski definition) is 0. The Labute approximate surface area is 316 Å². The van der Waals surface area contributed by atoms with Crippen LogP contribution in [0.4, 0.5) is 0 Å². The number of esters is 2. The normalized spacial score (nSPS) is 15.8. The molecule has 0 bridgehead atoms. The molecule has 3 aromatic rings. The van der Waals surface area contributed by atoms with E-state index in [9.17, 15) is 9.59 Å². The van der Waals surface area contributed by atoms with E-state index >= 15 is 0 Å². The monoisotopic (exact) mass is 768 g/mol. The van der Waals surface area contributed by atoms with E-state index in [-0.39, 0.29) is 25.0 Å². The smallest absolute Gasteiger partial charge is 0.317 e. The van der Waals surface area contributed by atoms with Gasteiger partial charge in [0.2, 0.25) is 0 Å². The molecule has 0 saturated heterocycles. The van der Waals surface area contributed by atoms with Crippen molar-refractivity contribution < 1.29 is 27.3 Å². The first kappa shape index (κ1) is 43.1. The minimum absolute atomic E-state index is 0.234. The zero-order valence-electron chi connectivity index (χ0n) is 33.4. The van der Waals surface area contributed by atoms with E-state index in [4.69, 9.17) is 17.7 Å². The molecule has 6 nitrogen and oxygen atoms in total. The highest BCUT2D eigenvalue weighted by atomic mass is 32.1. The van der Waals surface area contributed by atoms with Crippen molar-refractivity contribution in [3.05, 3.63) is 94.2 Å². The molecule has 0 aliphatic carbocycles. The molecule has 0 N–H and O–H groups in total. The fraction of sp³-hybridized carbons (Fsp3) is 0.561. The van der Waals surface area contributed by atoms with Crippen LogP contribution in [0, 0.1) is 11.3 Å². The molecule has 0 amide bonds. The molecular weight excluding hydrogens is 705 g/mol. The Bertz CT molecular complexity index is 1460. The highest BCUT2D eigenvalue weighted by molar-refractivity contribution is 7.10. The number of ether oxygens (including phenoxy) is 2. The van der Waals surface area contributed by atoms with Crippen molar-refractivity contribution >= 4 is 48.5 Å². The van der Waals surface area contributed by atoms with Crippen LogP contribution >= 0.6 is 11.3 Å². The predicted molar refractivity (Wildman–Crippen MR) is 220 cm³/mol. The van der Waals surface area contributed by atoms with E-state index in [1.54, 1.807) is 0 Å². The molecule has 0 saturated carbocycles. The lowest BCUT2D eigenvalue weighted by atomic mass is 9.58. The van der Waals surface area contributed by atoms with E-state index in [0.29, 0.717) is 18.8 Å². The molecule has 3 unspecified atom stereocenters. The third kappa shape index (κ3) is 11.8. The van der Waals surface area contributed by atoms with E-state index in [0.717, 1.165) is 34.9 Å². The average Bonchev–Trinajstić information content (AvgIpc) is 3.61. The van der Waals surface area contributed by atoms with Crippen molar-refractivity contribution in [3.63, 3.8) is 0 Å². The zero-order chi connectivity index (χ0) is 38.1. The van der Waals surface area contributed by atoms with Gasteiger partial charge in [-0.1, -0.05) is 87.0 Å². The van der Waals surface area contributed by atoms with Gasteiger partial charge in [0.1, 0.15) is 5.41 Å². The van der Waals surface area contributed by atoms with Crippen LogP contribution in [0.3, 0.4) is 0 Å². The maximum absolute atomic E-state index is 14.5. The SMILES string of the molecule is CCC(C)CC(CC(C)(CC(C)(C(=O)OCCC[Si](C)(O[Si](C)(C)C)O[Si](C)(C)C)c1cccs1)C(=O)OC)(c1ccccc1)c1ccccc1. The van der Waals surface area contributed by atoms with E-state index in [2.05, 4.69) is 108 Å². The molecule has 3 atom stereocenters. The maximum Gasteiger partial charge on any atom is 0.317 e. The molecule has 0 spiro atoms. The van der Waals surface area contributed by atoms with Gasteiger partial charge in [-0.3, -0.25) is 9.59 Å². The lowest BCUT2D eigenvalue weighted by molar-refractivity contribution is -0.159. The standard InChI is InChI=1S/C41H64O6SSi3/c1-13-33(2)30-41(34-22-16-14-17-23-34,35-24-18-15-19-25-35)32-39(3,37(42)44-5)31-40(4,36-26-20-28-48-36)38(43)45-27-21-29-51(12,46-49(6,7)8)47-50(9,10)11/h14-20,22-26,28,33H,13,21,27,29-32H2,1-12H3. The molecule has 0 fully saturated rings. The number of hydrogen-bond acceptors (Lipinski definition) is 7. The lowest BCUT2D eigenvalue weighted by Gasteiger charge is -2.45. The number of rotatable bonds is 20. The van der Waals surface area contributed by atoms with Gasteiger partial charge in [-0.2, -0.15) is 0 Å². The molecular formula is C41H64O6SSi3. The third-order valence-electron chi connectivity index (χ3n) is 9.73. The molecule has 1 aromatic heterocycles. The molecule has 10 heteroatoms. The molecule has 0 aliphatic rings. The highest BCUT2D eigenvalue weighted by Crippen LogP contribution is 2.52. The summed E-state index contributed by atoms with van der Waals surface area (Å²) in [7, 11) is -4.74. The van der Waals surface area contributed by atoms with Gasteiger partial charge in [0, 0.05) is 10.3 Å². The summed E-state index contributed by atoms with van der Waals surface area (Å²) in [6.45, 7) is 24.0. The topological polar surface area (TPSA) is 71.1 Å². The van der Waals surface area contributed by atoms with Gasteiger partial charge in [0.25, 0.3) is 0 Å². The lowest BCUT2D eigenvalue weighted by Crippen LogP contribution is -2.52. The van der Waals surface area contributed by atoms with Crippen LogP contribution in [0.5, 0.6) is 0 Å². The van der Waals surface area contributed by atoms with E-state index in [1.807, 2.05) is 43.5 Å². The quantitative estimate of drug-likeness (QED) is 0.0647. The van der Waals surface area contributed by atoms with Crippen LogP contribution in [-0.4, -0.2) is 50.9 Å².